The van der Waals surface area contributed by atoms with Crippen LogP contribution in [0.15, 0.2) is 75.7 Å². The highest BCUT2D eigenvalue weighted by Gasteiger charge is 2.22. The summed E-state index contributed by atoms with van der Waals surface area (Å²) in [6.45, 7) is 0. The van der Waals surface area contributed by atoms with E-state index in [-0.39, 0.29) is 22.1 Å². The largest absolute Gasteiger partial charge is 0.328 e. The van der Waals surface area contributed by atoms with Gasteiger partial charge in [0, 0.05) is 14.3 Å². The molecule has 0 aliphatic carbocycles. The number of aromatic nitrogens is 1. The van der Waals surface area contributed by atoms with Gasteiger partial charge in [-0.1, -0.05) is 55.6 Å². The molecular formula is C23H14Br2ClFN4O3. The van der Waals surface area contributed by atoms with Crippen LogP contribution >= 0.6 is 43.5 Å². The molecule has 11 heteroatoms. The Hall–Kier alpha value is -3.21. The van der Waals surface area contributed by atoms with Gasteiger partial charge in [0.25, 0.3) is 5.91 Å². The van der Waals surface area contributed by atoms with Crippen LogP contribution in [0.2, 0.25) is 5.02 Å². The molecule has 0 saturated carbocycles. The predicted molar refractivity (Wildman–Crippen MR) is 136 cm³/mol. The zero-order chi connectivity index (χ0) is 24.4. The lowest BCUT2D eigenvalue weighted by Gasteiger charge is -2.13. The Bertz CT molecular complexity index is 1460. The highest BCUT2D eigenvalue weighted by Crippen LogP contribution is 2.26. The predicted octanol–water partition coefficient (Wildman–Crippen LogP) is 5.92. The number of para-hydroxylation sites is 1. The van der Waals surface area contributed by atoms with Crippen molar-refractivity contribution in [3.05, 3.63) is 92.2 Å². The number of fused-ring (bicyclic) bond motifs is 1. The van der Waals surface area contributed by atoms with Gasteiger partial charge >= 0.3 is 11.8 Å². The first-order valence-electron chi connectivity index (χ1n) is 9.67. The van der Waals surface area contributed by atoms with E-state index in [1.54, 1.807) is 36.4 Å². The third kappa shape index (κ3) is 5.14. The zero-order valence-corrected chi connectivity index (χ0v) is 21.0. The molecule has 34 heavy (non-hydrogen) atoms. The molecule has 0 bridgehead atoms. The Balaban J connectivity index is 1.64. The fourth-order valence-electron chi connectivity index (χ4n) is 3.14. The second-order valence-electron chi connectivity index (χ2n) is 7.02. The number of nitrogens with one attached hydrogen (secondary N) is 3. The fourth-order valence-corrected chi connectivity index (χ4v) is 4.24. The molecule has 0 fully saturated rings. The number of hydrogen-bond donors (Lipinski definition) is 3. The van der Waals surface area contributed by atoms with E-state index in [4.69, 9.17) is 11.6 Å². The third-order valence-electron chi connectivity index (χ3n) is 4.72. The van der Waals surface area contributed by atoms with Gasteiger partial charge in [-0.3, -0.25) is 19.8 Å². The molecule has 4 rings (SSSR count). The second-order valence-corrected chi connectivity index (χ2v) is 9.26. The van der Waals surface area contributed by atoms with Crippen molar-refractivity contribution in [1.82, 2.24) is 4.68 Å². The smallest absolute Gasteiger partial charge is 0.318 e. The first-order chi connectivity index (χ1) is 16.2. The molecule has 1 heterocycles. The maximum Gasteiger partial charge on any atom is 0.328 e. The summed E-state index contributed by atoms with van der Waals surface area (Å²) in [6, 6.07) is 17.1. The van der Waals surface area contributed by atoms with E-state index in [2.05, 4.69) is 47.9 Å². The number of benzene rings is 3. The van der Waals surface area contributed by atoms with E-state index < -0.39 is 23.5 Å². The topological polar surface area (TPSA) is 92.2 Å². The molecular weight excluding hydrogens is 595 g/mol. The summed E-state index contributed by atoms with van der Waals surface area (Å²) in [5.74, 6) is -3.34. The SMILES string of the molecule is O=C(Nc1ccc(Br)cc1Cl)C(=O)Nn1c(C(=O)Nc2ccccc2F)cc2cc(Br)ccc21. The maximum atomic E-state index is 14.0. The monoisotopic (exact) mass is 606 g/mol. The minimum atomic E-state index is -1.04. The van der Waals surface area contributed by atoms with Crippen molar-refractivity contribution in [2.45, 2.75) is 0 Å². The molecule has 0 saturated heterocycles. The van der Waals surface area contributed by atoms with Crippen molar-refractivity contribution in [2.75, 3.05) is 16.1 Å². The highest BCUT2D eigenvalue weighted by molar-refractivity contribution is 9.10. The molecule has 0 aliphatic heterocycles. The van der Waals surface area contributed by atoms with E-state index in [1.807, 2.05) is 0 Å². The van der Waals surface area contributed by atoms with Gasteiger partial charge in [-0.2, -0.15) is 0 Å². The van der Waals surface area contributed by atoms with E-state index in [0.29, 0.717) is 15.4 Å². The quantitative estimate of drug-likeness (QED) is 0.251. The first kappa shape index (κ1) is 23.9. The van der Waals surface area contributed by atoms with Gasteiger partial charge in [0.2, 0.25) is 0 Å². The van der Waals surface area contributed by atoms with E-state index >= 15 is 0 Å². The minimum Gasteiger partial charge on any atom is -0.318 e. The molecule has 0 atom stereocenters. The average Bonchev–Trinajstić information content (AvgIpc) is 3.14. The van der Waals surface area contributed by atoms with Crippen LogP contribution in [0.3, 0.4) is 0 Å². The first-order valence-corrected chi connectivity index (χ1v) is 11.6. The zero-order valence-electron chi connectivity index (χ0n) is 17.0. The van der Waals surface area contributed by atoms with Crippen molar-refractivity contribution in [3.8, 4) is 0 Å². The fraction of sp³-hybridized carbons (Fsp3) is 0. The second kappa shape index (κ2) is 9.96. The van der Waals surface area contributed by atoms with Gasteiger partial charge in [0.05, 0.1) is 21.9 Å². The van der Waals surface area contributed by atoms with E-state index in [9.17, 15) is 18.8 Å². The van der Waals surface area contributed by atoms with Crippen LogP contribution in [-0.2, 0) is 9.59 Å². The van der Waals surface area contributed by atoms with Crippen LogP contribution in [0.4, 0.5) is 15.8 Å². The molecule has 0 unspecified atom stereocenters. The maximum absolute atomic E-state index is 14.0. The van der Waals surface area contributed by atoms with Crippen molar-refractivity contribution in [1.29, 1.82) is 0 Å². The molecule has 0 radical (unpaired) electrons. The Morgan fingerprint density at radius 2 is 1.53 bits per heavy atom. The van der Waals surface area contributed by atoms with Crippen molar-refractivity contribution in [2.24, 2.45) is 0 Å². The van der Waals surface area contributed by atoms with Gasteiger partial charge in [-0.05, 0) is 54.6 Å². The van der Waals surface area contributed by atoms with Crippen LogP contribution in [0, 0.1) is 5.82 Å². The van der Waals surface area contributed by atoms with Crippen LogP contribution in [0.5, 0.6) is 0 Å². The molecule has 3 amide bonds. The lowest BCUT2D eigenvalue weighted by molar-refractivity contribution is -0.133. The molecule has 7 nitrogen and oxygen atoms in total. The van der Waals surface area contributed by atoms with Gasteiger partial charge in [-0.15, -0.1) is 0 Å². The van der Waals surface area contributed by atoms with Gasteiger partial charge in [0.1, 0.15) is 11.5 Å². The van der Waals surface area contributed by atoms with Crippen molar-refractivity contribution < 1.29 is 18.8 Å². The highest BCUT2D eigenvalue weighted by atomic mass is 79.9. The Morgan fingerprint density at radius 1 is 0.824 bits per heavy atom. The number of hydrogen-bond acceptors (Lipinski definition) is 3. The summed E-state index contributed by atoms with van der Waals surface area (Å²) in [4.78, 5) is 38.2. The number of rotatable bonds is 4. The molecule has 1 aromatic heterocycles. The summed E-state index contributed by atoms with van der Waals surface area (Å²) in [6.07, 6.45) is 0. The normalized spacial score (nSPS) is 10.7. The lowest BCUT2D eigenvalue weighted by atomic mass is 10.2. The molecule has 0 spiro atoms. The molecule has 3 N–H and O–H groups in total. The van der Waals surface area contributed by atoms with Crippen LogP contribution in [0.25, 0.3) is 10.9 Å². The number of anilines is 2. The third-order valence-corrected chi connectivity index (χ3v) is 6.02. The number of carbonyl (C=O) groups excluding carboxylic acids is 3. The number of amides is 3. The van der Waals surface area contributed by atoms with Gasteiger partial charge in [0.15, 0.2) is 0 Å². The Labute approximate surface area is 214 Å². The van der Waals surface area contributed by atoms with E-state index in [1.165, 1.54) is 35.0 Å². The minimum absolute atomic E-state index is 0.0147. The van der Waals surface area contributed by atoms with Gasteiger partial charge in [-0.25, -0.2) is 9.07 Å². The van der Waals surface area contributed by atoms with Crippen molar-refractivity contribution in [3.63, 3.8) is 0 Å². The summed E-state index contributed by atoms with van der Waals surface area (Å²) in [5, 5.41) is 5.74. The van der Waals surface area contributed by atoms with Crippen LogP contribution in [-0.4, -0.2) is 22.4 Å². The number of halogens is 4. The molecule has 3 aromatic carbocycles. The summed E-state index contributed by atoms with van der Waals surface area (Å²) in [7, 11) is 0. The summed E-state index contributed by atoms with van der Waals surface area (Å²) in [5.41, 5.74) is 3.07. The molecule has 4 aromatic rings. The van der Waals surface area contributed by atoms with Crippen molar-refractivity contribution >= 4 is 83.5 Å². The Morgan fingerprint density at radius 3 is 2.26 bits per heavy atom. The Kier molecular flexibility index (Phi) is 7.01. The molecule has 0 aliphatic rings. The van der Waals surface area contributed by atoms with Gasteiger partial charge < -0.3 is 10.6 Å². The molecule has 172 valence electrons. The average molecular weight is 609 g/mol. The standard InChI is InChI=1S/C23H14Br2ClFN4O3/c24-13-6-8-19-12(9-13)10-20(21(32)29-18-4-2-1-3-16(18)27)31(19)30-23(34)22(33)28-17-7-5-14(25)11-15(17)26/h1-11H,(H,28,33)(H,29,32)(H,30,34). The lowest BCUT2D eigenvalue weighted by Crippen LogP contribution is -2.36. The van der Waals surface area contributed by atoms with Crippen LogP contribution < -0.4 is 16.1 Å². The number of nitrogens with zero attached hydrogens (tertiary/aromatic N) is 1. The number of carbonyl (C=O) groups is 3. The summed E-state index contributed by atoms with van der Waals surface area (Å²) >= 11 is 12.7. The van der Waals surface area contributed by atoms with E-state index in [0.717, 1.165) is 4.47 Å². The summed E-state index contributed by atoms with van der Waals surface area (Å²) < 4.78 is 16.7. The van der Waals surface area contributed by atoms with Crippen LogP contribution in [0.1, 0.15) is 10.5 Å².